The first-order chi connectivity index (χ1) is 14.1. The van der Waals surface area contributed by atoms with E-state index in [1.807, 2.05) is 12.1 Å². The van der Waals surface area contributed by atoms with Gasteiger partial charge in [0.05, 0.1) is 32.2 Å². The number of aromatic nitrogens is 2. The maximum atomic E-state index is 13.1. The van der Waals surface area contributed by atoms with Crippen LogP contribution in [0.1, 0.15) is 11.4 Å². The van der Waals surface area contributed by atoms with E-state index in [2.05, 4.69) is 17.0 Å². The number of nitrogens with zero attached hydrogens (tertiary/aromatic N) is 3. The van der Waals surface area contributed by atoms with Crippen LogP contribution in [-0.2, 0) is 19.5 Å². The molecule has 0 atom stereocenters. The van der Waals surface area contributed by atoms with Crippen LogP contribution in [0.4, 0.5) is 0 Å². The van der Waals surface area contributed by atoms with Gasteiger partial charge in [-0.05, 0) is 23.8 Å². The van der Waals surface area contributed by atoms with Crippen LogP contribution in [0.5, 0.6) is 17.2 Å². The highest BCUT2D eigenvalue weighted by Crippen LogP contribution is 2.30. The molecule has 0 amide bonds. The highest BCUT2D eigenvalue weighted by molar-refractivity contribution is 5.82. The van der Waals surface area contributed by atoms with Gasteiger partial charge in [-0.15, -0.1) is 0 Å². The van der Waals surface area contributed by atoms with Crippen LogP contribution in [0.25, 0.3) is 10.9 Å². The molecular formula is C22H25N3O4. The van der Waals surface area contributed by atoms with Crippen molar-refractivity contribution in [1.29, 1.82) is 0 Å². The molecule has 3 aromatic rings. The average Bonchev–Trinajstić information content (AvgIpc) is 2.95. The number of hydrogen-bond donors (Lipinski definition) is 0. The Labute approximate surface area is 169 Å². The van der Waals surface area contributed by atoms with E-state index in [1.165, 1.54) is 5.56 Å². The zero-order chi connectivity index (χ0) is 20.4. The Morgan fingerprint density at radius 1 is 0.966 bits per heavy atom. The van der Waals surface area contributed by atoms with E-state index in [0.717, 1.165) is 31.2 Å². The molecule has 0 saturated carbocycles. The van der Waals surface area contributed by atoms with Gasteiger partial charge in [-0.2, -0.15) is 0 Å². The molecule has 7 heteroatoms. The predicted octanol–water partition coefficient (Wildman–Crippen LogP) is 2.48. The summed E-state index contributed by atoms with van der Waals surface area (Å²) in [5.74, 6) is 2.77. The highest BCUT2D eigenvalue weighted by Gasteiger charge is 2.19. The van der Waals surface area contributed by atoms with Gasteiger partial charge in [0, 0.05) is 38.7 Å². The molecule has 29 heavy (non-hydrogen) atoms. The topological polar surface area (TPSA) is 65.8 Å². The summed E-state index contributed by atoms with van der Waals surface area (Å²) < 4.78 is 17.8. The van der Waals surface area contributed by atoms with Gasteiger partial charge in [-0.1, -0.05) is 12.1 Å². The summed E-state index contributed by atoms with van der Waals surface area (Å²) in [5, 5.41) is 0.549. The normalized spacial score (nSPS) is 14.3. The molecule has 7 nitrogen and oxygen atoms in total. The smallest absolute Gasteiger partial charge is 0.261 e. The summed E-state index contributed by atoms with van der Waals surface area (Å²) in [7, 11) is 4.82. The summed E-state index contributed by atoms with van der Waals surface area (Å²) in [4.78, 5) is 20.2. The van der Waals surface area contributed by atoms with Gasteiger partial charge < -0.3 is 14.2 Å². The lowest BCUT2D eigenvalue weighted by atomic mass is 10.2. The van der Waals surface area contributed by atoms with Crippen molar-refractivity contribution in [2.45, 2.75) is 19.5 Å². The molecular weight excluding hydrogens is 370 g/mol. The van der Waals surface area contributed by atoms with Crippen LogP contribution in [-0.4, -0.2) is 48.9 Å². The third-order valence-corrected chi connectivity index (χ3v) is 5.37. The lowest BCUT2D eigenvalue weighted by molar-refractivity contribution is 0.271. The van der Waals surface area contributed by atoms with E-state index < -0.39 is 0 Å². The largest absolute Gasteiger partial charge is 0.497 e. The summed E-state index contributed by atoms with van der Waals surface area (Å²) in [6.45, 7) is 3.03. The molecule has 0 fully saturated rings. The van der Waals surface area contributed by atoms with Crippen molar-refractivity contribution in [1.82, 2.24) is 14.5 Å². The monoisotopic (exact) mass is 395 g/mol. The van der Waals surface area contributed by atoms with Crippen LogP contribution in [0.15, 0.2) is 41.2 Å². The summed E-state index contributed by atoms with van der Waals surface area (Å²) in [6.07, 6.45) is 0.712. The number of rotatable bonds is 5. The molecule has 2 heterocycles. The quantitative estimate of drug-likeness (QED) is 0.661. The van der Waals surface area contributed by atoms with E-state index in [1.54, 1.807) is 38.0 Å². The van der Waals surface area contributed by atoms with Gasteiger partial charge >= 0.3 is 0 Å². The van der Waals surface area contributed by atoms with Gasteiger partial charge in [0.15, 0.2) is 11.5 Å². The fourth-order valence-corrected chi connectivity index (χ4v) is 3.81. The Balaban J connectivity index is 1.63. The molecule has 0 spiro atoms. The van der Waals surface area contributed by atoms with Gasteiger partial charge in [0.2, 0.25) is 0 Å². The van der Waals surface area contributed by atoms with Crippen LogP contribution in [0.2, 0.25) is 0 Å². The second kappa shape index (κ2) is 8.13. The Morgan fingerprint density at radius 3 is 2.52 bits per heavy atom. The Morgan fingerprint density at radius 2 is 1.76 bits per heavy atom. The standard InChI is InChI=1S/C22H25N3O4/c1-27-16-6-4-5-15(11-16)14-24-8-7-21-23-18-13-20(29-3)19(28-2)12-17(18)22(26)25(21)10-9-24/h4-6,11-13H,7-10,14H2,1-3H3. The zero-order valence-electron chi connectivity index (χ0n) is 17.0. The maximum absolute atomic E-state index is 13.1. The molecule has 0 N–H and O–H groups in total. The van der Waals surface area contributed by atoms with Crippen molar-refractivity contribution in [3.8, 4) is 17.2 Å². The minimum absolute atomic E-state index is 0.0332. The molecule has 0 radical (unpaired) electrons. The fourth-order valence-electron chi connectivity index (χ4n) is 3.81. The third-order valence-electron chi connectivity index (χ3n) is 5.37. The number of hydrogen-bond acceptors (Lipinski definition) is 6. The molecule has 1 aliphatic heterocycles. The number of fused-ring (bicyclic) bond motifs is 2. The van der Waals surface area contributed by atoms with E-state index >= 15 is 0 Å². The first kappa shape index (κ1) is 19.3. The third kappa shape index (κ3) is 3.78. The zero-order valence-corrected chi connectivity index (χ0v) is 17.0. The summed E-state index contributed by atoms with van der Waals surface area (Å²) >= 11 is 0. The van der Waals surface area contributed by atoms with Crippen molar-refractivity contribution in [2.24, 2.45) is 0 Å². The first-order valence-corrected chi connectivity index (χ1v) is 9.63. The predicted molar refractivity (Wildman–Crippen MR) is 111 cm³/mol. The highest BCUT2D eigenvalue weighted by atomic mass is 16.5. The van der Waals surface area contributed by atoms with Crippen molar-refractivity contribution >= 4 is 10.9 Å². The summed E-state index contributed by atoms with van der Waals surface area (Å²) in [6, 6.07) is 11.6. The van der Waals surface area contributed by atoms with Crippen molar-refractivity contribution in [3.05, 3.63) is 58.1 Å². The molecule has 4 rings (SSSR count). The minimum Gasteiger partial charge on any atom is -0.497 e. The van der Waals surface area contributed by atoms with Crippen LogP contribution >= 0.6 is 0 Å². The lowest BCUT2D eigenvalue weighted by Gasteiger charge is -2.19. The van der Waals surface area contributed by atoms with Gasteiger partial charge in [0.25, 0.3) is 5.56 Å². The average molecular weight is 395 g/mol. The number of benzene rings is 2. The first-order valence-electron chi connectivity index (χ1n) is 9.63. The molecule has 0 bridgehead atoms. The van der Waals surface area contributed by atoms with Gasteiger partial charge in [-0.25, -0.2) is 4.98 Å². The Bertz CT molecular complexity index is 1090. The maximum Gasteiger partial charge on any atom is 0.261 e. The van der Waals surface area contributed by atoms with Gasteiger partial charge in [-0.3, -0.25) is 14.3 Å². The molecule has 152 valence electrons. The number of methoxy groups -OCH3 is 3. The molecule has 0 unspecified atom stereocenters. The Kier molecular flexibility index (Phi) is 5.40. The van der Waals surface area contributed by atoms with E-state index in [9.17, 15) is 4.79 Å². The van der Waals surface area contributed by atoms with E-state index in [-0.39, 0.29) is 5.56 Å². The van der Waals surface area contributed by atoms with Crippen molar-refractivity contribution in [3.63, 3.8) is 0 Å². The van der Waals surface area contributed by atoms with Crippen molar-refractivity contribution in [2.75, 3.05) is 34.4 Å². The SMILES string of the molecule is COc1cccc(CN2CCc3nc4cc(OC)c(OC)cc4c(=O)n3CC2)c1. The minimum atomic E-state index is -0.0332. The second-order valence-corrected chi connectivity index (χ2v) is 7.09. The molecule has 1 aromatic heterocycles. The second-order valence-electron chi connectivity index (χ2n) is 7.09. The van der Waals surface area contributed by atoms with E-state index in [0.29, 0.717) is 35.4 Å². The van der Waals surface area contributed by atoms with Crippen LogP contribution in [0, 0.1) is 0 Å². The Hall–Kier alpha value is -3.06. The lowest BCUT2D eigenvalue weighted by Crippen LogP contribution is -2.28. The molecule has 0 saturated heterocycles. The molecule has 1 aliphatic rings. The summed E-state index contributed by atoms with van der Waals surface area (Å²) in [5.41, 5.74) is 1.80. The van der Waals surface area contributed by atoms with Crippen LogP contribution in [0.3, 0.4) is 0 Å². The number of ether oxygens (including phenoxy) is 3. The molecule has 0 aliphatic carbocycles. The van der Waals surface area contributed by atoms with Crippen molar-refractivity contribution < 1.29 is 14.2 Å². The fraction of sp³-hybridized carbons (Fsp3) is 0.364. The van der Waals surface area contributed by atoms with E-state index in [4.69, 9.17) is 19.2 Å². The van der Waals surface area contributed by atoms with Crippen LogP contribution < -0.4 is 19.8 Å². The molecule has 2 aromatic carbocycles. The van der Waals surface area contributed by atoms with Gasteiger partial charge in [0.1, 0.15) is 11.6 Å².